The van der Waals surface area contributed by atoms with Crippen LogP contribution in [0.1, 0.15) is 37.0 Å². The van der Waals surface area contributed by atoms with E-state index < -0.39 is 5.91 Å². The van der Waals surface area contributed by atoms with E-state index >= 15 is 0 Å². The molecule has 0 aliphatic rings. The Hall–Kier alpha value is -1.88. The minimum Gasteiger partial charge on any atom is -0.366 e. The van der Waals surface area contributed by atoms with Gasteiger partial charge < -0.3 is 16.8 Å². The second-order valence-corrected chi connectivity index (χ2v) is 4.95. The van der Waals surface area contributed by atoms with Gasteiger partial charge in [-0.05, 0) is 32.4 Å². The summed E-state index contributed by atoms with van der Waals surface area (Å²) in [5, 5.41) is 2.67. The molecule has 2 amide bonds. The van der Waals surface area contributed by atoms with E-state index in [0.29, 0.717) is 24.1 Å². The molecule has 5 heteroatoms. The van der Waals surface area contributed by atoms with Crippen LogP contribution in [0.4, 0.5) is 5.69 Å². The second kappa shape index (κ2) is 5.64. The molecule has 5 N–H and O–H groups in total. The Morgan fingerprint density at radius 2 is 1.89 bits per heavy atom. The van der Waals surface area contributed by atoms with Crippen molar-refractivity contribution in [2.24, 2.45) is 11.5 Å². The first-order valence-corrected chi connectivity index (χ1v) is 5.77. The Bertz CT molecular complexity index is 450. The van der Waals surface area contributed by atoms with Gasteiger partial charge in [0.15, 0.2) is 0 Å². The van der Waals surface area contributed by atoms with Crippen molar-refractivity contribution >= 4 is 17.5 Å². The van der Waals surface area contributed by atoms with Crippen LogP contribution in [0.15, 0.2) is 24.3 Å². The molecule has 0 spiro atoms. The van der Waals surface area contributed by atoms with Crippen LogP contribution in [0.25, 0.3) is 0 Å². The summed E-state index contributed by atoms with van der Waals surface area (Å²) in [4.78, 5) is 22.9. The number of anilines is 1. The van der Waals surface area contributed by atoms with Crippen molar-refractivity contribution < 1.29 is 9.59 Å². The van der Waals surface area contributed by atoms with Crippen molar-refractivity contribution in [1.82, 2.24) is 0 Å². The topological polar surface area (TPSA) is 98.2 Å². The molecule has 0 radical (unpaired) electrons. The number of rotatable bonds is 5. The van der Waals surface area contributed by atoms with Gasteiger partial charge in [0, 0.05) is 12.0 Å². The van der Waals surface area contributed by atoms with Gasteiger partial charge in [-0.25, -0.2) is 0 Å². The molecular weight excluding hydrogens is 230 g/mol. The maximum atomic E-state index is 11.7. The van der Waals surface area contributed by atoms with Gasteiger partial charge in [0.1, 0.15) is 0 Å². The van der Waals surface area contributed by atoms with E-state index in [1.165, 1.54) is 0 Å². The van der Waals surface area contributed by atoms with Crippen molar-refractivity contribution in [3.63, 3.8) is 0 Å². The summed E-state index contributed by atoms with van der Waals surface area (Å²) in [7, 11) is 0. The molecule has 0 saturated heterocycles. The molecule has 0 fully saturated rings. The van der Waals surface area contributed by atoms with E-state index in [-0.39, 0.29) is 11.4 Å². The maximum Gasteiger partial charge on any atom is 0.250 e. The minimum atomic E-state index is -0.565. The van der Waals surface area contributed by atoms with Gasteiger partial charge in [-0.3, -0.25) is 9.59 Å². The van der Waals surface area contributed by atoms with E-state index in [2.05, 4.69) is 5.32 Å². The summed E-state index contributed by atoms with van der Waals surface area (Å²) < 4.78 is 0. The van der Waals surface area contributed by atoms with Gasteiger partial charge in [-0.1, -0.05) is 12.1 Å². The lowest BCUT2D eigenvalue weighted by Gasteiger charge is -2.17. The van der Waals surface area contributed by atoms with Crippen LogP contribution in [-0.4, -0.2) is 17.4 Å². The minimum absolute atomic E-state index is 0.178. The van der Waals surface area contributed by atoms with Crippen LogP contribution < -0.4 is 16.8 Å². The van der Waals surface area contributed by atoms with Crippen LogP contribution in [0.5, 0.6) is 0 Å². The number of nitrogens with two attached hydrogens (primary N) is 2. The average molecular weight is 249 g/mol. The van der Waals surface area contributed by atoms with Gasteiger partial charge in [-0.15, -0.1) is 0 Å². The first-order chi connectivity index (χ1) is 8.29. The fourth-order valence-corrected chi connectivity index (χ4v) is 1.46. The molecule has 0 atom stereocenters. The monoisotopic (exact) mass is 249 g/mol. The zero-order valence-corrected chi connectivity index (χ0v) is 10.7. The number of nitrogens with one attached hydrogen (secondary N) is 1. The summed E-state index contributed by atoms with van der Waals surface area (Å²) in [6, 6.07) is 6.64. The molecule has 0 bridgehead atoms. The number of hydrogen-bond donors (Lipinski definition) is 3. The van der Waals surface area contributed by atoms with Crippen molar-refractivity contribution in [3.05, 3.63) is 29.8 Å². The third-order valence-corrected chi connectivity index (χ3v) is 2.46. The number of benzene rings is 1. The predicted molar refractivity (Wildman–Crippen MR) is 71.1 cm³/mol. The normalized spacial score (nSPS) is 11.1. The summed E-state index contributed by atoms with van der Waals surface area (Å²) in [5.74, 6) is -0.743. The zero-order chi connectivity index (χ0) is 13.8. The van der Waals surface area contributed by atoms with E-state index in [1.54, 1.807) is 24.3 Å². The smallest absolute Gasteiger partial charge is 0.250 e. The molecule has 0 aliphatic heterocycles. The molecule has 1 rings (SSSR count). The fourth-order valence-electron chi connectivity index (χ4n) is 1.46. The Morgan fingerprint density at radius 3 is 2.44 bits per heavy atom. The Morgan fingerprint density at radius 1 is 1.28 bits per heavy atom. The van der Waals surface area contributed by atoms with E-state index in [0.717, 1.165) is 0 Å². The van der Waals surface area contributed by atoms with Crippen LogP contribution in [0.2, 0.25) is 0 Å². The highest BCUT2D eigenvalue weighted by Gasteiger charge is 2.15. The lowest BCUT2D eigenvalue weighted by atomic mass is 10.00. The standard InChI is InChI=1S/C13H19N3O2/c1-13(2,15)8-7-11(17)16-10-6-4-3-5-9(10)12(14)18/h3-6H,7-8,15H2,1-2H3,(H2,14,18)(H,16,17). The molecule has 1 aromatic rings. The maximum absolute atomic E-state index is 11.7. The van der Waals surface area contributed by atoms with Crippen LogP contribution in [0, 0.1) is 0 Å². The Kier molecular flexibility index (Phi) is 4.44. The molecular formula is C13H19N3O2. The number of primary amides is 1. The predicted octanol–water partition coefficient (Wildman–Crippen LogP) is 1.24. The number of para-hydroxylation sites is 1. The summed E-state index contributed by atoms with van der Waals surface area (Å²) in [6.45, 7) is 3.72. The molecule has 18 heavy (non-hydrogen) atoms. The van der Waals surface area contributed by atoms with Crippen molar-refractivity contribution in [2.75, 3.05) is 5.32 Å². The summed E-state index contributed by atoms with van der Waals surface area (Å²) in [5.41, 5.74) is 11.4. The fraction of sp³-hybridized carbons (Fsp3) is 0.385. The number of carbonyl (C=O) groups excluding carboxylic acids is 2. The third-order valence-electron chi connectivity index (χ3n) is 2.46. The molecule has 0 aliphatic carbocycles. The zero-order valence-electron chi connectivity index (χ0n) is 10.7. The van der Waals surface area contributed by atoms with Crippen molar-refractivity contribution in [2.45, 2.75) is 32.2 Å². The average Bonchev–Trinajstić information content (AvgIpc) is 2.26. The highest BCUT2D eigenvalue weighted by molar-refractivity contribution is 6.02. The molecule has 0 saturated carbocycles. The van der Waals surface area contributed by atoms with Crippen LogP contribution in [-0.2, 0) is 4.79 Å². The first kappa shape index (κ1) is 14.2. The second-order valence-electron chi connectivity index (χ2n) is 4.95. The number of carbonyl (C=O) groups is 2. The lowest BCUT2D eigenvalue weighted by molar-refractivity contribution is -0.116. The van der Waals surface area contributed by atoms with E-state index in [4.69, 9.17) is 11.5 Å². The van der Waals surface area contributed by atoms with E-state index in [9.17, 15) is 9.59 Å². The lowest BCUT2D eigenvalue weighted by Crippen LogP contribution is -2.33. The number of amides is 2. The quantitative estimate of drug-likeness (QED) is 0.732. The van der Waals surface area contributed by atoms with Crippen LogP contribution >= 0.6 is 0 Å². The van der Waals surface area contributed by atoms with Gasteiger partial charge in [0.2, 0.25) is 5.91 Å². The van der Waals surface area contributed by atoms with Crippen molar-refractivity contribution in [1.29, 1.82) is 0 Å². The number of hydrogen-bond acceptors (Lipinski definition) is 3. The molecule has 98 valence electrons. The highest BCUT2D eigenvalue weighted by Crippen LogP contribution is 2.15. The third kappa shape index (κ3) is 4.55. The highest BCUT2D eigenvalue weighted by atomic mass is 16.2. The van der Waals surface area contributed by atoms with Gasteiger partial charge >= 0.3 is 0 Å². The molecule has 5 nitrogen and oxygen atoms in total. The SMILES string of the molecule is CC(C)(N)CCC(=O)Nc1ccccc1C(N)=O. The summed E-state index contributed by atoms with van der Waals surface area (Å²) in [6.07, 6.45) is 0.869. The summed E-state index contributed by atoms with van der Waals surface area (Å²) >= 11 is 0. The first-order valence-electron chi connectivity index (χ1n) is 5.77. The van der Waals surface area contributed by atoms with Crippen molar-refractivity contribution in [3.8, 4) is 0 Å². The largest absolute Gasteiger partial charge is 0.366 e. The molecule has 1 aromatic carbocycles. The van der Waals surface area contributed by atoms with Gasteiger partial charge in [-0.2, -0.15) is 0 Å². The van der Waals surface area contributed by atoms with Gasteiger partial charge in [0.25, 0.3) is 5.91 Å². The Labute approximate surface area is 107 Å². The van der Waals surface area contributed by atoms with Crippen LogP contribution in [0.3, 0.4) is 0 Å². The van der Waals surface area contributed by atoms with E-state index in [1.807, 2.05) is 13.8 Å². The molecule has 0 unspecified atom stereocenters. The van der Waals surface area contributed by atoms with Gasteiger partial charge in [0.05, 0.1) is 11.3 Å². The molecule has 0 heterocycles. The molecule has 0 aromatic heterocycles. The Balaban J connectivity index is 2.68.